The third kappa shape index (κ3) is 7.52. The Balaban J connectivity index is 2.18. The predicted octanol–water partition coefficient (Wildman–Crippen LogP) is 4.33. The number of nitrogens with zero attached hydrogens (tertiary/aromatic N) is 5. The zero-order valence-electron chi connectivity index (χ0n) is 24.8. The van der Waals surface area contributed by atoms with Gasteiger partial charge in [-0.3, -0.25) is 15.2 Å². The van der Waals surface area contributed by atoms with Crippen LogP contribution in [0.2, 0.25) is 0 Å². The summed E-state index contributed by atoms with van der Waals surface area (Å²) in [6.07, 6.45) is -3.30. The van der Waals surface area contributed by atoms with Crippen molar-refractivity contribution in [3.8, 4) is 6.07 Å². The summed E-state index contributed by atoms with van der Waals surface area (Å²) < 4.78 is 45.7. The number of urea groups is 1. The third-order valence-electron chi connectivity index (χ3n) is 7.25. The second kappa shape index (κ2) is 13.7. The first-order valence-electron chi connectivity index (χ1n) is 13.5. The number of ether oxygens (including phenoxy) is 1. The normalized spacial score (nSPS) is 15.7. The van der Waals surface area contributed by atoms with Gasteiger partial charge < -0.3 is 20.3 Å². The standard InChI is InChI=1S/C30H36F3N7O3/c1-19-25(27(41)43-5)26(24-11-10-20(18-34)16-21(24)12-15-38(4)14-7-13-37(2)3)40(29(36)42)28(35)39(19)23-9-6-8-22(17-23)30(31,32)33/h6,8-11,16-17,26,35H,7,12-15H2,1-5H3,(H2,36,42)/t26-/m1/s1. The molecule has 1 heterocycles. The zero-order chi connectivity index (χ0) is 32.1. The Morgan fingerprint density at radius 1 is 1.12 bits per heavy atom. The van der Waals surface area contributed by atoms with Gasteiger partial charge in [-0.2, -0.15) is 18.4 Å². The molecule has 2 aromatic carbocycles. The first-order valence-corrected chi connectivity index (χ1v) is 13.5. The molecular weight excluding hydrogens is 563 g/mol. The Morgan fingerprint density at radius 3 is 2.40 bits per heavy atom. The van der Waals surface area contributed by atoms with E-state index in [0.29, 0.717) is 29.7 Å². The predicted molar refractivity (Wildman–Crippen MR) is 156 cm³/mol. The Hall–Kier alpha value is -4.41. The first-order chi connectivity index (χ1) is 20.2. The lowest BCUT2D eigenvalue weighted by Crippen LogP contribution is -2.55. The number of hydrogen-bond acceptors (Lipinski definition) is 7. The minimum absolute atomic E-state index is 0.0833. The van der Waals surface area contributed by atoms with Crippen LogP contribution < -0.4 is 10.6 Å². The number of nitrogens with one attached hydrogen (secondary N) is 1. The van der Waals surface area contributed by atoms with Gasteiger partial charge in [0, 0.05) is 17.9 Å². The van der Waals surface area contributed by atoms with Crippen molar-refractivity contribution < 1.29 is 27.5 Å². The van der Waals surface area contributed by atoms with E-state index in [1.165, 1.54) is 25.1 Å². The summed E-state index contributed by atoms with van der Waals surface area (Å²) in [6.45, 7) is 3.77. The lowest BCUT2D eigenvalue weighted by Gasteiger charge is -2.43. The number of esters is 1. The van der Waals surface area contributed by atoms with Crippen LogP contribution in [0, 0.1) is 16.7 Å². The minimum Gasteiger partial charge on any atom is -0.466 e. The molecule has 10 nitrogen and oxygen atoms in total. The van der Waals surface area contributed by atoms with Gasteiger partial charge in [-0.15, -0.1) is 0 Å². The molecule has 0 saturated heterocycles. The zero-order valence-corrected chi connectivity index (χ0v) is 24.8. The molecular formula is C30H36F3N7O3. The number of guanidine groups is 1. The van der Waals surface area contributed by atoms with Crippen LogP contribution in [0.25, 0.3) is 0 Å². The van der Waals surface area contributed by atoms with Crippen molar-refractivity contribution in [1.82, 2.24) is 14.7 Å². The number of hydrogen-bond donors (Lipinski definition) is 2. The Morgan fingerprint density at radius 2 is 1.81 bits per heavy atom. The highest BCUT2D eigenvalue weighted by molar-refractivity contribution is 6.10. The maximum atomic E-state index is 13.5. The molecule has 1 aliphatic heterocycles. The molecule has 3 N–H and O–H groups in total. The molecule has 0 aliphatic carbocycles. The first kappa shape index (κ1) is 33.1. The van der Waals surface area contributed by atoms with Crippen molar-refractivity contribution in [1.29, 1.82) is 10.7 Å². The van der Waals surface area contributed by atoms with Crippen LogP contribution in [0.3, 0.4) is 0 Å². The van der Waals surface area contributed by atoms with Crippen molar-refractivity contribution in [2.45, 2.75) is 32.0 Å². The van der Waals surface area contributed by atoms with E-state index in [-0.39, 0.29) is 17.0 Å². The van der Waals surface area contributed by atoms with E-state index in [2.05, 4.69) is 15.9 Å². The van der Waals surface area contributed by atoms with Gasteiger partial charge in [0.15, 0.2) is 0 Å². The molecule has 2 amide bonds. The number of carbonyl (C=O) groups is 2. The summed E-state index contributed by atoms with van der Waals surface area (Å²) in [7, 11) is 7.10. The molecule has 230 valence electrons. The van der Waals surface area contributed by atoms with Gasteiger partial charge in [-0.1, -0.05) is 12.1 Å². The van der Waals surface area contributed by atoms with Crippen molar-refractivity contribution in [3.05, 3.63) is 76.0 Å². The summed E-state index contributed by atoms with van der Waals surface area (Å²) in [4.78, 5) is 32.4. The van der Waals surface area contributed by atoms with E-state index in [1.807, 2.05) is 21.1 Å². The van der Waals surface area contributed by atoms with Crippen molar-refractivity contribution in [3.63, 3.8) is 0 Å². The molecule has 0 unspecified atom stereocenters. The van der Waals surface area contributed by atoms with Crippen LogP contribution in [0.1, 0.15) is 41.6 Å². The molecule has 1 aliphatic rings. The van der Waals surface area contributed by atoms with Crippen LogP contribution in [0.15, 0.2) is 53.7 Å². The Bertz CT molecular complexity index is 1450. The maximum Gasteiger partial charge on any atom is 0.416 e. The lowest BCUT2D eigenvalue weighted by atomic mass is 9.88. The molecule has 0 radical (unpaired) electrons. The number of nitriles is 1. The van der Waals surface area contributed by atoms with E-state index in [0.717, 1.165) is 48.6 Å². The monoisotopic (exact) mass is 599 g/mol. The van der Waals surface area contributed by atoms with Gasteiger partial charge in [0.2, 0.25) is 5.96 Å². The molecule has 1 atom stereocenters. The van der Waals surface area contributed by atoms with Gasteiger partial charge >= 0.3 is 18.2 Å². The minimum atomic E-state index is -4.67. The number of allylic oxidation sites excluding steroid dienone is 1. The number of rotatable bonds is 10. The van der Waals surface area contributed by atoms with E-state index in [4.69, 9.17) is 15.9 Å². The van der Waals surface area contributed by atoms with E-state index in [9.17, 15) is 28.0 Å². The number of likely N-dealkylation sites (N-methyl/N-ethyl adjacent to an activating group) is 1. The van der Waals surface area contributed by atoms with E-state index >= 15 is 0 Å². The lowest BCUT2D eigenvalue weighted by molar-refractivity contribution is -0.138. The molecule has 0 aromatic heterocycles. The Kier molecular flexibility index (Phi) is 10.6. The molecule has 0 spiro atoms. The van der Waals surface area contributed by atoms with Crippen LogP contribution in [-0.4, -0.2) is 80.5 Å². The fourth-order valence-electron chi connectivity index (χ4n) is 5.11. The van der Waals surface area contributed by atoms with Gasteiger partial charge in [-0.05, 0) is 95.5 Å². The van der Waals surface area contributed by atoms with Gasteiger partial charge in [0.1, 0.15) is 6.04 Å². The van der Waals surface area contributed by atoms with Gasteiger partial charge in [0.05, 0.1) is 29.9 Å². The number of carbonyl (C=O) groups excluding carboxylic acids is 2. The number of benzene rings is 2. The number of methoxy groups -OCH3 is 1. The average molecular weight is 600 g/mol. The number of nitrogens with two attached hydrogens (primary N) is 1. The smallest absolute Gasteiger partial charge is 0.416 e. The van der Waals surface area contributed by atoms with Crippen LogP contribution in [-0.2, 0) is 22.1 Å². The third-order valence-corrected chi connectivity index (χ3v) is 7.25. The van der Waals surface area contributed by atoms with Crippen molar-refractivity contribution in [2.24, 2.45) is 5.73 Å². The number of primary amides is 1. The second-order valence-corrected chi connectivity index (χ2v) is 10.5. The number of anilines is 1. The summed E-state index contributed by atoms with van der Waals surface area (Å²) >= 11 is 0. The second-order valence-electron chi connectivity index (χ2n) is 10.5. The largest absolute Gasteiger partial charge is 0.466 e. The highest BCUT2D eigenvalue weighted by Gasteiger charge is 2.44. The van der Waals surface area contributed by atoms with Gasteiger partial charge in [0.25, 0.3) is 0 Å². The highest BCUT2D eigenvalue weighted by Crippen LogP contribution is 2.42. The molecule has 0 fully saturated rings. The Labute approximate surface area is 249 Å². The molecule has 13 heteroatoms. The van der Waals surface area contributed by atoms with Gasteiger partial charge in [-0.25, -0.2) is 9.59 Å². The number of alkyl halides is 3. The topological polar surface area (TPSA) is 130 Å². The molecule has 0 bridgehead atoms. The van der Waals surface area contributed by atoms with Crippen LogP contribution in [0.4, 0.5) is 23.7 Å². The fraction of sp³-hybridized carbons (Fsp3) is 0.400. The van der Waals surface area contributed by atoms with Crippen molar-refractivity contribution in [2.75, 3.05) is 52.8 Å². The van der Waals surface area contributed by atoms with E-state index < -0.39 is 35.7 Å². The van der Waals surface area contributed by atoms with E-state index in [1.54, 1.807) is 12.1 Å². The SMILES string of the molecule is COC(=O)C1=C(C)N(c2cccc(C(F)(F)F)c2)C(=N)N(C(N)=O)[C@@H]1c1ccc(C#N)cc1CCN(C)CCCN(C)C. The summed E-state index contributed by atoms with van der Waals surface area (Å²) in [5.41, 5.74) is 6.16. The molecule has 2 aromatic rings. The summed E-state index contributed by atoms with van der Waals surface area (Å²) in [5, 5.41) is 18.5. The van der Waals surface area contributed by atoms with Crippen molar-refractivity contribution >= 4 is 23.6 Å². The molecule has 3 rings (SSSR count). The quantitative estimate of drug-likeness (QED) is 0.389. The summed E-state index contributed by atoms with van der Waals surface area (Å²) in [6, 6.07) is 8.78. The average Bonchev–Trinajstić information content (AvgIpc) is 2.94. The molecule has 0 saturated carbocycles. The fourth-order valence-corrected chi connectivity index (χ4v) is 5.11. The van der Waals surface area contributed by atoms with Crippen LogP contribution in [0.5, 0.6) is 0 Å². The summed E-state index contributed by atoms with van der Waals surface area (Å²) in [5.74, 6) is -1.40. The number of amides is 2. The van der Waals surface area contributed by atoms with Crippen LogP contribution >= 0.6 is 0 Å². The molecule has 43 heavy (non-hydrogen) atoms. The number of halogens is 3. The maximum absolute atomic E-state index is 13.5. The highest BCUT2D eigenvalue weighted by atomic mass is 19.4.